The number of halogens is 3. The summed E-state index contributed by atoms with van der Waals surface area (Å²) in [6.07, 6.45) is 12.1. The summed E-state index contributed by atoms with van der Waals surface area (Å²) in [6, 6.07) is 4.68. The van der Waals surface area contributed by atoms with Crippen LogP contribution in [0.4, 0.5) is 13.2 Å². The predicted octanol–water partition coefficient (Wildman–Crippen LogP) is 11.2. The third-order valence-corrected chi connectivity index (χ3v) is 17.4. The Hall–Kier alpha value is -0.796. The van der Waals surface area contributed by atoms with Gasteiger partial charge in [0, 0.05) is 5.56 Å². The average molecular weight is 599 g/mol. The second-order valence-corrected chi connectivity index (χ2v) is 23.2. The number of rotatable bonds is 14. The van der Waals surface area contributed by atoms with Crippen LogP contribution in [0.15, 0.2) is 12.1 Å². The van der Waals surface area contributed by atoms with E-state index >= 15 is 13.2 Å². The molecule has 1 atom stereocenters. The monoisotopic (exact) mass is 598 g/mol. The van der Waals surface area contributed by atoms with E-state index < -0.39 is 33.9 Å². The molecule has 0 heterocycles. The van der Waals surface area contributed by atoms with E-state index in [0.29, 0.717) is 23.8 Å². The summed E-state index contributed by atoms with van der Waals surface area (Å²) in [7, 11) is -3.82. The molecule has 2 fully saturated rings. The van der Waals surface area contributed by atoms with Crippen molar-refractivity contribution in [2.45, 2.75) is 142 Å². The SMILES string of the molecule is CCCC1CCC(C2CCC(F)(c3ccc(OCC[Si](C)(C)O[Si](C)(C)CCC(C)CC)c(F)c3F)CC2)CC1. The molecule has 40 heavy (non-hydrogen) atoms. The zero-order chi connectivity index (χ0) is 29.6. The molecular formula is C33H57F3O2Si2. The van der Waals surface area contributed by atoms with Crippen molar-refractivity contribution in [3.05, 3.63) is 29.3 Å². The summed E-state index contributed by atoms with van der Waals surface area (Å²) in [4.78, 5) is 0. The van der Waals surface area contributed by atoms with Gasteiger partial charge in [-0.2, -0.15) is 4.39 Å². The van der Waals surface area contributed by atoms with Crippen molar-refractivity contribution in [3.8, 4) is 5.75 Å². The standard InChI is InChI=1S/C33H57F3O2Si2/c1-8-10-26-11-13-27(14-12-26)28-17-20-33(36,21-18-28)29-15-16-30(32(35)31(29)34)37-22-24-40(6,7)38-39(4,5)23-19-25(3)9-2/h15-16,25-28H,8-14,17-24H2,1-7H3. The van der Waals surface area contributed by atoms with Crippen molar-refractivity contribution in [1.82, 2.24) is 0 Å². The molecule has 0 radical (unpaired) electrons. The molecule has 7 heteroatoms. The van der Waals surface area contributed by atoms with Crippen LogP contribution in [0.25, 0.3) is 0 Å². The highest BCUT2D eigenvalue weighted by Gasteiger charge is 2.42. The molecule has 0 N–H and O–H groups in total. The van der Waals surface area contributed by atoms with Crippen LogP contribution < -0.4 is 4.74 Å². The minimum Gasteiger partial charge on any atom is -0.491 e. The first-order chi connectivity index (χ1) is 18.8. The van der Waals surface area contributed by atoms with E-state index in [-0.39, 0.29) is 30.8 Å². The highest BCUT2D eigenvalue weighted by atomic mass is 28.4. The molecule has 0 amide bonds. The summed E-state index contributed by atoms with van der Waals surface area (Å²) in [5.41, 5.74) is -1.93. The molecule has 1 aromatic rings. The van der Waals surface area contributed by atoms with Gasteiger partial charge in [-0.15, -0.1) is 0 Å². The van der Waals surface area contributed by atoms with Gasteiger partial charge in [0.15, 0.2) is 28.2 Å². The molecule has 0 saturated heterocycles. The van der Waals surface area contributed by atoms with E-state index in [4.69, 9.17) is 8.85 Å². The van der Waals surface area contributed by atoms with E-state index in [2.05, 4.69) is 47.0 Å². The van der Waals surface area contributed by atoms with E-state index in [1.165, 1.54) is 63.5 Å². The molecule has 1 unspecified atom stereocenters. The van der Waals surface area contributed by atoms with Gasteiger partial charge in [0.1, 0.15) is 5.67 Å². The molecule has 3 rings (SSSR count). The maximum absolute atomic E-state index is 16.0. The fourth-order valence-electron chi connectivity index (χ4n) is 7.24. The Bertz CT molecular complexity index is 923. The van der Waals surface area contributed by atoms with E-state index in [9.17, 15) is 0 Å². The van der Waals surface area contributed by atoms with Crippen molar-refractivity contribution in [1.29, 1.82) is 0 Å². The fraction of sp³-hybridized carbons (Fsp3) is 0.818. The molecule has 0 aliphatic heterocycles. The lowest BCUT2D eigenvalue weighted by molar-refractivity contribution is 0.0487. The minimum atomic E-state index is -2.02. The van der Waals surface area contributed by atoms with Gasteiger partial charge >= 0.3 is 0 Å². The predicted molar refractivity (Wildman–Crippen MR) is 167 cm³/mol. The molecule has 2 aliphatic carbocycles. The number of alkyl halides is 1. The van der Waals surface area contributed by atoms with Crippen LogP contribution in [-0.4, -0.2) is 23.2 Å². The summed E-state index contributed by atoms with van der Waals surface area (Å²) in [5, 5.41) is 0. The van der Waals surface area contributed by atoms with Gasteiger partial charge in [-0.25, -0.2) is 8.78 Å². The minimum absolute atomic E-state index is 0.125. The van der Waals surface area contributed by atoms with Crippen molar-refractivity contribution >= 4 is 16.6 Å². The lowest BCUT2D eigenvalue weighted by atomic mass is 9.67. The molecule has 0 spiro atoms. The molecule has 2 aliphatic rings. The number of hydrogen-bond acceptors (Lipinski definition) is 2. The third-order valence-electron chi connectivity index (χ3n) is 10.1. The molecule has 2 nitrogen and oxygen atoms in total. The lowest BCUT2D eigenvalue weighted by Crippen LogP contribution is -2.45. The number of hydrogen-bond donors (Lipinski definition) is 0. The molecule has 230 valence electrons. The lowest BCUT2D eigenvalue weighted by Gasteiger charge is -2.40. The van der Waals surface area contributed by atoms with Gasteiger partial charge in [-0.1, -0.05) is 59.3 Å². The first kappa shape index (κ1) is 33.7. The highest BCUT2D eigenvalue weighted by Crippen LogP contribution is 2.49. The second-order valence-electron chi connectivity index (χ2n) is 14.4. The maximum Gasteiger partial charge on any atom is 0.201 e. The largest absolute Gasteiger partial charge is 0.491 e. The summed E-state index contributed by atoms with van der Waals surface area (Å²) >= 11 is 0. The third kappa shape index (κ3) is 9.35. The van der Waals surface area contributed by atoms with Crippen molar-refractivity contribution in [2.24, 2.45) is 23.7 Å². The topological polar surface area (TPSA) is 18.5 Å². The Morgan fingerprint density at radius 2 is 1.48 bits per heavy atom. The molecule has 0 aromatic heterocycles. The molecule has 0 bridgehead atoms. The Morgan fingerprint density at radius 1 is 0.875 bits per heavy atom. The van der Waals surface area contributed by atoms with E-state index in [1.54, 1.807) is 0 Å². The van der Waals surface area contributed by atoms with Gasteiger partial charge in [0.2, 0.25) is 5.82 Å². The smallest absolute Gasteiger partial charge is 0.201 e. The average Bonchev–Trinajstić information content (AvgIpc) is 2.90. The first-order valence-corrected chi connectivity index (χ1v) is 22.5. The fourth-order valence-corrected chi connectivity index (χ4v) is 15.8. The molecule has 2 saturated carbocycles. The van der Waals surface area contributed by atoms with Crippen LogP contribution in [0.2, 0.25) is 38.3 Å². The van der Waals surface area contributed by atoms with Crippen molar-refractivity contribution in [2.75, 3.05) is 6.61 Å². The molecular weight excluding hydrogens is 542 g/mol. The summed E-state index contributed by atoms with van der Waals surface area (Å²) < 4.78 is 58.7. The van der Waals surface area contributed by atoms with Gasteiger partial charge in [0.25, 0.3) is 0 Å². The highest BCUT2D eigenvalue weighted by molar-refractivity contribution is 6.84. The van der Waals surface area contributed by atoms with E-state index in [1.807, 2.05) is 0 Å². The van der Waals surface area contributed by atoms with Crippen LogP contribution in [0.1, 0.15) is 103 Å². The van der Waals surface area contributed by atoms with Crippen LogP contribution >= 0.6 is 0 Å². The Labute approximate surface area is 245 Å². The van der Waals surface area contributed by atoms with E-state index in [0.717, 1.165) is 24.8 Å². The zero-order valence-corrected chi connectivity index (χ0v) is 28.5. The van der Waals surface area contributed by atoms with Crippen LogP contribution in [0.3, 0.4) is 0 Å². The Morgan fingerprint density at radius 3 is 2.08 bits per heavy atom. The second kappa shape index (κ2) is 14.6. The van der Waals surface area contributed by atoms with Gasteiger partial charge in [-0.3, -0.25) is 0 Å². The normalized spacial score (nSPS) is 27.0. The van der Waals surface area contributed by atoms with Gasteiger partial charge in [0.05, 0.1) is 6.61 Å². The molecule has 1 aromatic carbocycles. The number of ether oxygens (including phenoxy) is 1. The summed E-state index contributed by atoms with van der Waals surface area (Å²) in [6.45, 7) is 15.9. The van der Waals surface area contributed by atoms with Gasteiger partial charge in [-0.05, 0) is 113 Å². The van der Waals surface area contributed by atoms with Crippen LogP contribution in [0.5, 0.6) is 5.75 Å². The van der Waals surface area contributed by atoms with Crippen LogP contribution in [0, 0.1) is 35.3 Å². The van der Waals surface area contributed by atoms with Crippen molar-refractivity contribution in [3.63, 3.8) is 0 Å². The zero-order valence-electron chi connectivity index (χ0n) is 26.5. The number of benzene rings is 1. The van der Waals surface area contributed by atoms with Crippen molar-refractivity contribution < 1.29 is 22.0 Å². The summed E-state index contributed by atoms with van der Waals surface area (Å²) in [5.74, 6) is 0.481. The maximum atomic E-state index is 16.0. The first-order valence-electron chi connectivity index (χ1n) is 16.3. The Kier molecular flexibility index (Phi) is 12.3. The quantitative estimate of drug-likeness (QED) is 0.198. The van der Waals surface area contributed by atoms with Crippen LogP contribution in [-0.2, 0) is 9.78 Å². The Balaban J connectivity index is 1.52. The van der Waals surface area contributed by atoms with Gasteiger partial charge < -0.3 is 8.85 Å².